The molecular formula is C19H15F6P-2. The van der Waals surface area contributed by atoms with Gasteiger partial charge in [0.05, 0.1) is 0 Å². The Kier molecular flexibility index (Phi) is 5.11. The van der Waals surface area contributed by atoms with Gasteiger partial charge in [-0.05, 0) is 0 Å². The average molecular weight is 388 g/mol. The molecule has 2 aromatic rings. The van der Waals surface area contributed by atoms with Crippen LogP contribution in [-0.2, 0) is 0 Å². The molecule has 3 rings (SSSR count). The SMILES string of the molecule is C1=C[CH-]C(=C(c2ccccc2)c2ccccc2)C=C1.F[P-](F)(F)(F)(F)F. The third-order valence-corrected chi connectivity index (χ3v) is 3.19. The molecule has 0 bridgehead atoms. The molecule has 0 nitrogen and oxygen atoms in total. The molecule has 0 spiro atoms. The van der Waals surface area contributed by atoms with Crippen molar-refractivity contribution >= 4 is 13.4 Å². The first kappa shape index (κ1) is 19.9. The molecule has 2 aromatic carbocycles. The Hall–Kier alpha value is -2.46. The summed E-state index contributed by atoms with van der Waals surface area (Å²) in [6.07, 6.45) is 10.5. The van der Waals surface area contributed by atoms with E-state index >= 15 is 0 Å². The Labute approximate surface area is 147 Å². The molecule has 0 fully saturated rings. The fourth-order valence-corrected chi connectivity index (χ4v) is 2.31. The molecule has 0 aromatic heterocycles. The van der Waals surface area contributed by atoms with Crippen LogP contribution >= 0.6 is 7.81 Å². The van der Waals surface area contributed by atoms with E-state index < -0.39 is 7.81 Å². The van der Waals surface area contributed by atoms with Crippen molar-refractivity contribution in [1.29, 1.82) is 0 Å². The molecule has 7 heteroatoms. The van der Waals surface area contributed by atoms with Crippen molar-refractivity contribution in [3.63, 3.8) is 0 Å². The van der Waals surface area contributed by atoms with Gasteiger partial charge < -0.3 is 0 Å². The second-order valence-electron chi connectivity index (χ2n) is 5.43. The van der Waals surface area contributed by atoms with Gasteiger partial charge in [-0.1, -0.05) is 77.4 Å². The Balaban J connectivity index is 0.000000298. The number of hydrogen-bond acceptors (Lipinski definition) is 0. The van der Waals surface area contributed by atoms with Crippen molar-refractivity contribution in [3.8, 4) is 0 Å². The van der Waals surface area contributed by atoms with Gasteiger partial charge in [0.15, 0.2) is 0 Å². The Morgan fingerprint density at radius 3 is 1.42 bits per heavy atom. The van der Waals surface area contributed by atoms with Crippen molar-refractivity contribution < 1.29 is 25.2 Å². The summed E-state index contributed by atoms with van der Waals surface area (Å²) in [5.41, 5.74) is 5.03. The van der Waals surface area contributed by atoms with E-state index in [1.165, 1.54) is 22.3 Å². The summed E-state index contributed by atoms with van der Waals surface area (Å²) < 4.78 is 59.2. The van der Waals surface area contributed by atoms with E-state index in [0.717, 1.165) is 0 Å². The second kappa shape index (κ2) is 6.69. The molecule has 0 heterocycles. The monoisotopic (exact) mass is 388 g/mol. The van der Waals surface area contributed by atoms with Crippen LogP contribution in [0.5, 0.6) is 0 Å². The number of rotatable bonds is 2. The number of halogens is 6. The van der Waals surface area contributed by atoms with Crippen LogP contribution in [0.25, 0.3) is 5.57 Å². The fourth-order valence-electron chi connectivity index (χ4n) is 2.31. The van der Waals surface area contributed by atoms with Crippen molar-refractivity contribution in [1.82, 2.24) is 0 Å². The van der Waals surface area contributed by atoms with E-state index in [4.69, 9.17) is 0 Å². The molecule has 140 valence electrons. The average Bonchev–Trinajstić information content (AvgIpc) is 2.55. The summed E-state index contributed by atoms with van der Waals surface area (Å²) in [7, 11) is -10.7. The van der Waals surface area contributed by atoms with Gasteiger partial charge in [0.2, 0.25) is 0 Å². The van der Waals surface area contributed by atoms with Crippen LogP contribution in [-0.4, -0.2) is 0 Å². The molecule has 0 unspecified atom stereocenters. The molecule has 26 heavy (non-hydrogen) atoms. The van der Waals surface area contributed by atoms with Gasteiger partial charge in [-0.2, -0.15) is 0 Å². The molecule has 0 atom stereocenters. The molecule has 0 saturated heterocycles. The van der Waals surface area contributed by atoms with Crippen molar-refractivity contribution in [3.05, 3.63) is 108 Å². The van der Waals surface area contributed by atoms with E-state index in [1.807, 2.05) is 0 Å². The predicted molar refractivity (Wildman–Crippen MR) is 95.1 cm³/mol. The topological polar surface area (TPSA) is 0 Å². The minimum atomic E-state index is -10.7. The zero-order valence-corrected chi connectivity index (χ0v) is 14.3. The van der Waals surface area contributed by atoms with Crippen LogP contribution < -0.4 is 0 Å². The van der Waals surface area contributed by atoms with Gasteiger partial charge >= 0.3 is 33.0 Å². The molecular weight excluding hydrogens is 373 g/mol. The zero-order valence-electron chi connectivity index (χ0n) is 13.4. The molecule has 0 aliphatic heterocycles. The Morgan fingerprint density at radius 2 is 1.08 bits per heavy atom. The van der Waals surface area contributed by atoms with Gasteiger partial charge in [0.25, 0.3) is 0 Å². The summed E-state index contributed by atoms with van der Waals surface area (Å²) in [6, 6.07) is 21.1. The molecule has 0 radical (unpaired) electrons. The van der Waals surface area contributed by atoms with Crippen LogP contribution in [0.2, 0.25) is 0 Å². The van der Waals surface area contributed by atoms with Crippen molar-refractivity contribution in [2.45, 2.75) is 0 Å². The number of benzene rings is 2. The van der Waals surface area contributed by atoms with E-state index in [2.05, 4.69) is 91.4 Å². The first-order valence-electron chi connectivity index (χ1n) is 7.50. The standard InChI is InChI=1S/C19H15.F6P/c1-4-10-16(11-5-1)19(17-12-6-2-7-13-17)18-14-8-3-9-15-18;1-7(2,3,4,5)6/h1-15H;/q2*-1. The molecule has 0 saturated carbocycles. The van der Waals surface area contributed by atoms with Crippen LogP contribution in [0.4, 0.5) is 25.2 Å². The zero-order chi connectivity index (χ0) is 19.3. The van der Waals surface area contributed by atoms with E-state index in [-0.39, 0.29) is 0 Å². The molecule has 1 aliphatic carbocycles. The first-order valence-corrected chi connectivity index (χ1v) is 9.52. The van der Waals surface area contributed by atoms with Crippen LogP contribution in [0.1, 0.15) is 11.1 Å². The van der Waals surface area contributed by atoms with Gasteiger partial charge in [0.1, 0.15) is 0 Å². The fraction of sp³-hybridized carbons (Fsp3) is 0. The second-order valence-corrected chi connectivity index (χ2v) is 7.35. The minimum absolute atomic E-state index is 1.25. The maximum atomic E-state index is 9.87. The number of hydrogen-bond donors (Lipinski definition) is 0. The van der Waals surface area contributed by atoms with Gasteiger partial charge in [-0.3, -0.25) is 0 Å². The molecule has 0 N–H and O–H groups in total. The molecule has 0 amide bonds. The van der Waals surface area contributed by atoms with Crippen molar-refractivity contribution in [2.75, 3.05) is 0 Å². The van der Waals surface area contributed by atoms with E-state index in [9.17, 15) is 25.2 Å². The van der Waals surface area contributed by atoms with Gasteiger partial charge in [-0.15, -0.1) is 36.3 Å². The summed E-state index contributed by atoms with van der Waals surface area (Å²) in [6.45, 7) is 0. The third kappa shape index (κ3) is 8.08. The summed E-state index contributed by atoms with van der Waals surface area (Å²) >= 11 is 0. The van der Waals surface area contributed by atoms with Crippen molar-refractivity contribution in [2.24, 2.45) is 0 Å². The summed E-state index contributed by atoms with van der Waals surface area (Å²) in [5, 5.41) is 0. The van der Waals surface area contributed by atoms with Crippen LogP contribution in [0.3, 0.4) is 0 Å². The molecule has 1 aliphatic rings. The van der Waals surface area contributed by atoms with Gasteiger partial charge in [0, 0.05) is 0 Å². The maximum absolute atomic E-state index is 10.7. The summed E-state index contributed by atoms with van der Waals surface area (Å²) in [4.78, 5) is 0. The van der Waals surface area contributed by atoms with Gasteiger partial charge in [-0.25, -0.2) is 0 Å². The first-order chi connectivity index (χ1) is 11.9. The Bertz CT molecular complexity index is 779. The van der Waals surface area contributed by atoms with E-state index in [0.29, 0.717) is 0 Å². The normalized spacial score (nSPS) is 15.8. The summed E-state index contributed by atoms with van der Waals surface area (Å²) in [5.74, 6) is 0. The number of allylic oxidation sites excluding steroid dienone is 5. The third-order valence-electron chi connectivity index (χ3n) is 3.19. The predicted octanol–water partition coefficient (Wildman–Crippen LogP) is 8.20. The quantitative estimate of drug-likeness (QED) is 0.276. The van der Waals surface area contributed by atoms with Crippen LogP contribution in [0, 0.1) is 6.42 Å². The van der Waals surface area contributed by atoms with Crippen LogP contribution in [0.15, 0.2) is 90.5 Å². The van der Waals surface area contributed by atoms with E-state index in [1.54, 1.807) is 0 Å². The Morgan fingerprint density at radius 1 is 0.654 bits per heavy atom.